The molecule has 2 aromatic carbocycles. The van der Waals surface area contributed by atoms with Crippen LogP contribution >= 0.6 is 12.6 Å². The van der Waals surface area contributed by atoms with Gasteiger partial charge in [-0.2, -0.15) is 12.6 Å². The molecule has 3 nitrogen and oxygen atoms in total. The summed E-state index contributed by atoms with van der Waals surface area (Å²) in [6, 6.07) is 15.9. The number of rotatable bonds is 25. The number of hydrogen-bond donors (Lipinski definition) is 1. The predicted molar refractivity (Wildman–Crippen MR) is 180 cm³/mol. The average Bonchev–Trinajstić information content (AvgIpc) is 3.00. The van der Waals surface area contributed by atoms with E-state index in [0.717, 1.165) is 48.5 Å². The van der Waals surface area contributed by atoms with Crippen molar-refractivity contribution in [2.24, 2.45) is 0 Å². The van der Waals surface area contributed by atoms with Crippen molar-refractivity contribution in [1.29, 1.82) is 0 Å². The molecule has 0 saturated heterocycles. The molecule has 0 unspecified atom stereocenters. The van der Waals surface area contributed by atoms with E-state index in [1.165, 1.54) is 96.3 Å². The van der Waals surface area contributed by atoms with Gasteiger partial charge in [0.2, 0.25) is 0 Å². The van der Waals surface area contributed by atoms with E-state index in [1.54, 1.807) is 0 Å². The zero-order valence-electron chi connectivity index (χ0n) is 25.8. The second kappa shape index (κ2) is 24.4. The summed E-state index contributed by atoms with van der Waals surface area (Å²) in [5, 5.41) is 0. The summed E-state index contributed by atoms with van der Waals surface area (Å²) >= 11 is 4.25. The molecule has 0 radical (unpaired) electrons. The molecule has 0 bridgehead atoms. The predicted octanol–water partition coefficient (Wildman–Crippen LogP) is 11.4. The van der Waals surface area contributed by atoms with Crippen molar-refractivity contribution in [3.8, 4) is 5.75 Å². The van der Waals surface area contributed by atoms with Gasteiger partial charge in [0.05, 0.1) is 18.8 Å². The third-order valence-corrected chi connectivity index (χ3v) is 7.86. The summed E-state index contributed by atoms with van der Waals surface area (Å²) in [5.74, 6) is 1.69. The third-order valence-electron chi connectivity index (χ3n) is 7.55. The quantitative estimate of drug-likeness (QED) is 0.0549. The first-order chi connectivity index (χ1) is 20.2. The normalized spacial score (nSPS) is 11.3. The van der Waals surface area contributed by atoms with Crippen LogP contribution in [0, 0.1) is 0 Å². The van der Waals surface area contributed by atoms with Gasteiger partial charge in [-0.25, -0.2) is 4.79 Å². The highest BCUT2D eigenvalue weighted by atomic mass is 32.1. The van der Waals surface area contributed by atoms with Crippen molar-refractivity contribution in [2.75, 3.05) is 19.0 Å². The molecule has 4 heteroatoms. The Hall–Kier alpha value is -2.20. The molecule has 2 aromatic rings. The third kappa shape index (κ3) is 18.1. The summed E-state index contributed by atoms with van der Waals surface area (Å²) in [7, 11) is 0. The average molecular weight is 581 g/mol. The second-order valence-electron chi connectivity index (χ2n) is 11.2. The van der Waals surface area contributed by atoms with Crippen molar-refractivity contribution >= 4 is 30.8 Å². The molecule has 0 fully saturated rings. The van der Waals surface area contributed by atoms with Crippen molar-refractivity contribution in [3.05, 3.63) is 65.2 Å². The molecular weight excluding hydrogens is 524 g/mol. The van der Waals surface area contributed by atoms with E-state index in [2.05, 4.69) is 43.8 Å². The van der Waals surface area contributed by atoms with Gasteiger partial charge in [0.15, 0.2) is 0 Å². The highest BCUT2D eigenvalue weighted by molar-refractivity contribution is 7.80. The van der Waals surface area contributed by atoms with Crippen LogP contribution in [0.15, 0.2) is 48.5 Å². The first-order valence-corrected chi connectivity index (χ1v) is 17.1. The number of ether oxygens (including phenoxy) is 2. The number of esters is 1. The molecule has 0 aliphatic rings. The zero-order chi connectivity index (χ0) is 29.2. The van der Waals surface area contributed by atoms with Crippen molar-refractivity contribution in [3.63, 3.8) is 0 Å². The van der Waals surface area contributed by atoms with Gasteiger partial charge in [-0.15, -0.1) is 0 Å². The van der Waals surface area contributed by atoms with E-state index in [1.807, 2.05) is 36.4 Å². The Morgan fingerprint density at radius 1 is 0.585 bits per heavy atom. The lowest BCUT2D eigenvalue weighted by molar-refractivity contribution is 0.0497. The van der Waals surface area contributed by atoms with E-state index in [4.69, 9.17) is 9.47 Å². The Bertz CT molecular complexity index is 920. The van der Waals surface area contributed by atoms with Crippen LogP contribution in [-0.2, 0) is 4.74 Å². The Kier molecular flexibility index (Phi) is 20.8. The summed E-state index contributed by atoms with van der Waals surface area (Å²) < 4.78 is 11.4. The fourth-order valence-electron chi connectivity index (χ4n) is 4.90. The van der Waals surface area contributed by atoms with Crippen LogP contribution in [0.5, 0.6) is 5.75 Å². The second-order valence-corrected chi connectivity index (χ2v) is 11.7. The lowest BCUT2D eigenvalue weighted by Gasteiger charge is -2.07. The Labute approximate surface area is 256 Å². The molecule has 0 aromatic heterocycles. The number of unbranched alkanes of at least 4 members (excludes halogenated alkanes) is 16. The van der Waals surface area contributed by atoms with Gasteiger partial charge in [0, 0.05) is 0 Å². The van der Waals surface area contributed by atoms with Crippen LogP contribution in [0.1, 0.15) is 144 Å². The van der Waals surface area contributed by atoms with Crippen LogP contribution in [0.25, 0.3) is 12.2 Å². The van der Waals surface area contributed by atoms with E-state index in [9.17, 15) is 4.79 Å². The lowest BCUT2D eigenvalue weighted by atomic mass is 10.1. The molecule has 0 atom stereocenters. The standard InChI is InChI=1S/C37H56O3S/c1-2-3-4-5-6-7-8-11-14-17-30-39-36-28-24-34(25-29-36)21-20-33-22-26-35(27-23-33)37(38)40-31-18-15-12-9-10-13-16-19-32-41/h20-29,41H,2-19,30-32H2,1H3/b21-20+. The van der Waals surface area contributed by atoms with Crippen LogP contribution in [-0.4, -0.2) is 24.9 Å². The Balaban J connectivity index is 1.55. The molecule has 0 aliphatic heterocycles. The van der Waals surface area contributed by atoms with Gasteiger partial charge in [-0.3, -0.25) is 0 Å². The maximum Gasteiger partial charge on any atom is 0.338 e. The summed E-state index contributed by atoms with van der Waals surface area (Å²) in [4.78, 5) is 12.3. The molecule has 2 rings (SSSR count). The molecule has 41 heavy (non-hydrogen) atoms. The van der Waals surface area contributed by atoms with Crippen LogP contribution in [0.4, 0.5) is 0 Å². The van der Waals surface area contributed by atoms with Gasteiger partial charge in [0.25, 0.3) is 0 Å². The first kappa shape index (κ1) is 35.0. The maximum atomic E-state index is 12.3. The van der Waals surface area contributed by atoms with Gasteiger partial charge in [0.1, 0.15) is 5.75 Å². The molecule has 0 heterocycles. The van der Waals surface area contributed by atoms with E-state index in [0.29, 0.717) is 12.2 Å². The van der Waals surface area contributed by atoms with E-state index < -0.39 is 0 Å². The monoisotopic (exact) mass is 580 g/mol. The first-order valence-electron chi connectivity index (χ1n) is 16.5. The summed E-state index contributed by atoms with van der Waals surface area (Å²) in [5.41, 5.74) is 2.78. The Morgan fingerprint density at radius 2 is 1.02 bits per heavy atom. The molecule has 0 aliphatic carbocycles. The topological polar surface area (TPSA) is 35.5 Å². The van der Waals surface area contributed by atoms with Crippen molar-refractivity contribution < 1.29 is 14.3 Å². The number of carbonyl (C=O) groups is 1. The minimum atomic E-state index is -0.235. The van der Waals surface area contributed by atoms with Gasteiger partial charge >= 0.3 is 5.97 Å². The van der Waals surface area contributed by atoms with Crippen LogP contribution in [0.2, 0.25) is 0 Å². The summed E-state index contributed by atoms with van der Waals surface area (Å²) in [6.07, 6.45) is 27.2. The number of benzene rings is 2. The van der Waals surface area contributed by atoms with Crippen LogP contribution < -0.4 is 4.74 Å². The largest absolute Gasteiger partial charge is 0.494 e. The minimum Gasteiger partial charge on any atom is -0.494 e. The minimum absolute atomic E-state index is 0.235. The van der Waals surface area contributed by atoms with E-state index in [-0.39, 0.29) is 5.97 Å². The zero-order valence-corrected chi connectivity index (χ0v) is 26.7. The summed E-state index contributed by atoms with van der Waals surface area (Å²) in [6.45, 7) is 3.56. The highest BCUT2D eigenvalue weighted by Gasteiger charge is 2.06. The molecule has 0 spiro atoms. The van der Waals surface area contributed by atoms with Gasteiger partial charge < -0.3 is 9.47 Å². The van der Waals surface area contributed by atoms with Crippen molar-refractivity contribution in [1.82, 2.24) is 0 Å². The van der Waals surface area contributed by atoms with Crippen molar-refractivity contribution in [2.45, 2.75) is 122 Å². The maximum absolute atomic E-state index is 12.3. The lowest BCUT2D eigenvalue weighted by Crippen LogP contribution is -2.06. The smallest absolute Gasteiger partial charge is 0.338 e. The SMILES string of the molecule is CCCCCCCCCCCCOc1ccc(/C=C/c2ccc(C(=O)OCCCCCCCCCCS)cc2)cc1. The number of carbonyl (C=O) groups excluding carboxylic acids is 1. The number of hydrogen-bond acceptors (Lipinski definition) is 4. The molecule has 228 valence electrons. The van der Waals surface area contributed by atoms with E-state index >= 15 is 0 Å². The van der Waals surface area contributed by atoms with Gasteiger partial charge in [-0.05, 0) is 60.4 Å². The van der Waals surface area contributed by atoms with Gasteiger partial charge in [-0.1, -0.05) is 140 Å². The number of thiol groups is 1. The Morgan fingerprint density at radius 3 is 1.54 bits per heavy atom. The molecule has 0 saturated carbocycles. The molecular formula is C37H56O3S. The molecule has 0 amide bonds. The fraction of sp³-hybridized carbons (Fsp3) is 0.595. The fourth-order valence-corrected chi connectivity index (χ4v) is 5.12. The molecule has 0 N–H and O–H groups in total. The van der Waals surface area contributed by atoms with Crippen LogP contribution in [0.3, 0.4) is 0 Å². The highest BCUT2D eigenvalue weighted by Crippen LogP contribution is 2.17.